The van der Waals surface area contributed by atoms with Crippen LogP contribution in [0.1, 0.15) is 17.3 Å². The number of nitrogens with two attached hydrogens (primary N) is 1. The molecule has 0 saturated carbocycles. The smallest absolute Gasteiger partial charge is 0.251 e. The summed E-state index contributed by atoms with van der Waals surface area (Å²) in [7, 11) is -4.94. The predicted octanol–water partition coefficient (Wildman–Crippen LogP) is 0.593. The second-order valence-corrected chi connectivity index (χ2v) is 8.17. The Balaban J connectivity index is 2.98. The molecule has 0 aliphatic carbocycles. The van der Waals surface area contributed by atoms with Gasteiger partial charge in [0, 0.05) is 38.9 Å². The summed E-state index contributed by atoms with van der Waals surface area (Å²) in [4.78, 5) is 11.8. The third-order valence-electron chi connectivity index (χ3n) is 2.36. The predicted molar refractivity (Wildman–Crippen MR) is 81.4 cm³/mol. The molecule has 0 aliphatic rings. The molecule has 0 heterocycles. The number of primary sulfonamides is 1. The average Bonchev–Trinajstić information content (AvgIpc) is 2.26. The lowest BCUT2D eigenvalue weighted by molar-refractivity contribution is 0.0943. The molecule has 112 valence electrons. The summed E-state index contributed by atoms with van der Waals surface area (Å²) >= 11 is 3.07. The summed E-state index contributed by atoms with van der Waals surface area (Å²) in [5.41, 5.74) is 0.172. The van der Waals surface area contributed by atoms with Gasteiger partial charge in [-0.3, -0.25) is 9.00 Å². The zero-order valence-corrected chi connectivity index (χ0v) is 14.1. The number of amides is 1. The number of sulfonamides is 1. The van der Waals surface area contributed by atoms with Gasteiger partial charge in [-0.15, -0.1) is 0 Å². The van der Waals surface area contributed by atoms with Crippen LogP contribution >= 0.6 is 15.9 Å². The molecule has 0 spiro atoms. The molecule has 1 rings (SSSR count). The molecule has 2 atom stereocenters. The third kappa shape index (κ3) is 4.97. The first-order valence-corrected chi connectivity index (χ1v) is 9.61. The van der Waals surface area contributed by atoms with Crippen molar-refractivity contribution in [2.24, 2.45) is 5.14 Å². The van der Waals surface area contributed by atoms with Gasteiger partial charge in [-0.05, 0) is 41.1 Å². The van der Waals surface area contributed by atoms with Crippen molar-refractivity contribution in [3.8, 4) is 0 Å². The van der Waals surface area contributed by atoms with E-state index in [2.05, 4.69) is 21.2 Å². The van der Waals surface area contributed by atoms with E-state index in [1.807, 2.05) is 0 Å². The number of hydrogen-bond donors (Lipinski definition) is 2. The molecule has 1 amide bonds. The fraction of sp³-hybridized carbons (Fsp3) is 0.364. The van der Waals surface area contributed by atoms with Gasteiger partial charge in [0.25, 0.3) is 5.91 Å². The number of halogens is 1. The van der Waals surface area contributed by atoms with Crippen LogP contribution < -0.4 is 10.5 Å². The van der Waals surface area contributed by atoms with Crippen LogP contribution in [0.25, 0.3) is 0 Å². The highest BCUT2D eigenvalue weighted by Gasteiger charge is 2.17. The third-order valence-corrected chi connectivity index (χ3v) is 5.24. The average molecular weight is 383 g/mol. The highest BCUT2D eigenvalue weighted by Crippen LogP contribution is 2.22. The molecule has 0 saturated heterocycles. The minimum Gasteiger partial charge on any atom is -0.349 e. The topological polar surface area (TPSA) is 106 Å². The van der Waals surface area contributed by atoms with Gasteiger partial charge in [0.15, 0.2) is 0 Å². The van der Waals surface area contributed by atoms with Crippen LogP contribution in [0.5, 0.6) is 0 Å². The van der Waals surface area contributed by atoms with Gasteiger partial charge in [0.1, 0.15) is 0 Å². The highest BCUT2D eigenvalue weighted by atomic mass is 79.9. The molecule has 3 N–H and O–H groups in total. The Bertz CT molecular complexity index is 646. The molecule has 0 radical (unpaired) electrons. The Kier molecular flexibility index (Phi) is 5.87. The van der Waals surface area contributed by atoms with E-state index in [1.54, 1.807) is 13.2 Å². The van der Waals surface area contributed by atoms with Crippen LogP contribution in [-0.4, -0.2) is 36.6 Å². The molecule has 6 nitrogen and oxygen atoms in total. The lowest BCUT2D eigenvalue weighted by atomic mass is 10.2. The molecular weight excluding hydrogens is 368 g/mol. The number of hydrogen-bond acceptors (Lipinski definition) is 4. The number of nitrogens with one attached hydrogen (secondary N) is 1. The summed E-state index contributed by atoms with van der Waals surface area (Å²) in [5, 5.41) is 7.71. The minimum atomic E-state index is -3.91. The lowest BCUT2D eigenvalue weighted by Crippen LogP contribution is -2.36. The summed E-state index contributed by atoms with van der Waals surface area (Å²) in [6, 6.07) is 3.83. The van der Waals surface area contributed by atoms with Crippen LogP contribution in [0.2, 0.25) is 0 Å². The second kappa shape index (κ2) is 6.79. The monoisotopic (exact) mass is 382 g/mol. The summed E-state index contributed by atoms with van der Waals surface area (Å²) < 4.78 is 34.1. The molecule has 1 aromatic rings. The summed E-state index contributed by atoms with van der Waals surface area (Å²) in [6.45, 7) is 1.72. The standard InChI is InChI=1S/C11H15BrN2O4S2/c1-7(6-19(2)16)14-11(15)8-3-4-9(12)10(5-8)20(13,17)18/h3-5,7H,6H2,1-2H3,(H,14,15)(H2,13,17,18). The Morgan fingerprint density at radius 3 is 2.60 bits per heavy atom. The van der Waals surface area contributed by atoms with Crippen LogP contribution in [0.4, 0.5) is 0 Å². The minimum absolute atomic E-state index is 0.156. The molecular formula is C11H15BrN2O4S2. The zero-order valence-electron chi connectivity index (χ0n) is 10.9. The Morgan fingerprint density at radius 2 is 2.10 bits per heavy atom. The molecule has 0 aromatic heterocycles. The highest BCUT2D eigenvalue weighted by molar-refractivity contribution is 9.10. The van der Waals surface area contributed by atoms with Gasteiger partial charge >= 0.3 is 0 Å². The van der Waals surface area contributed by atoms with Crippen molar-refractivity contribution in [2.45, 2.75) is 17.9 Å². The van der Waals surface area contributed by atoms with Gasteiger partial charge in [-0.1, -0.05) is 0 Å². The second-order valence-electron chi connectivity index (χ2n) is 4.30. The normalized spacial score (nSPS) is 14.6. The Morgan fingerprint density at radius 1 is 1.50 bits per heavy atom. The Hall–Kier alpha value is -0.770. The number of carbonyl (C=O) groups excluding carboxylic acids is 1. The quantitative estimate of drug-likeness (QED) is 0.776. The Labute approximate surface area is 128 Å². The van der Waals surface area contributed by atoms with Crippen molar-refractivity contribution < 1.29 is 17.4 Å². The van der Waals surface area contributed by atoms with Crippen LogP contribution in [-0.2, 0) is 20.8 Å². The van der Waals surface area contributed by atoms with E-state index in [4.69, 9.17) is 5.14 Å². The maximum absolute atomic E-state index is 12.0. The van der Waals surface area contributed by atoms with Gasteiger partial charge in [0.2, 0.25) is 10.0 Å². The molecule has 2 unspecified atom stereocenters. The fourth-order valence-electron chi connectivity index (χ4n) is 1.56. The largest absolute Gasteiger partial charge is 0.349 e. The van der Waals surface area contributed by atoms with Crippen molar-refractivity contribution in [1.82, 2.24) is 5.32 Å². The summed E-state index contributed by atoms with van der Waals surface area (Å²) in [5.74, 6) is -0.120. The van der Waals surface area contributed by atoms with Gasteiger partial charge in [0.05, 0.1) is 4.90 Å². The SMILES string of the molecule is CC(CS(C)=O)NC(=O)c1ccc(Br)c(S(N)(=O)=O)c1. The van der Waals surface area contributed by atoms with Crippen molar-refractivity contribution in [1.29, 1.82) is 0 Å². The van der Waals surface area contributed by atoms with E-state index >= 15 is 0 Å². The van der Waals surface area contributed by atoms with Crippen molar-refractivity contribution >= 4 is 42.7 Å². The van der Waals surface area contributed by atoms with E-state index in [-0.39, 0.29) is 16.5 Å². The van der Waals surface area contributed by atoms with E-state index in [0.29, 0.717) is 10.2 Å². The molecule has 0 aliphatic heterocycles. The fourth-order valence-corrected chi connectivity index (χ4v) is 3.91. The van der Waals surface area contributed by atoms with Crippen molar-refractivity contribution in [2.75, 3.05) is 12.0 Å². The van der Waals surface area contributed by atoms with Crippen LogP contribution in [0.3, 0.4) is 0 Å². The van der Waals surface area contributed by atoms with Crippen molar-refractivity contribution in [3.63, 3.8) is 0 Å². The van der Waals surface area contributed by atoms with E-state index < -0.39 is 26.7 Å². The first-order chi connectivity index (χ1) is 9.11. The molecule has 0 fully saturated rings. The molecule has 20 heavy (non-hydrogen) atoms. The van der Waals surface area contributed by atoms with Gasteiger partial charge < -0.3 is 5.32 Å². The number of carbonyl (C=O) groups is 1. The zero-order chi connectivity index (χ0) is 15.5. The maximum atomic E-state index is 12.0. The number of rotatable bonds is 5. The first kappa shape index (κ1) is 17.3. The summed E-state index contributed by atoms with van der Waals surface area (Å²) in [6.07, 6.45) is 1.54. The van der Waals surface area contributed by atoms with Gasteiger partial charge in [-0.25, -0.2) is 13.6 Å². The van der Waals surface area contributed by atoms with Crippen LogP contribution in [0.15, 0.2) is 27.6 Å². The molecule has 0 bridgehead atoms. The molecule has 1 aromatic carbocycles. The number of benzene rings is 1. The van der Waals surface area contributed by atoms with Crippen molar-refractivity contribution in [3.05, 3.63) is 28.2 Å². The van der Waals surface area contributed by atoms with E-state index in [0.717, 1.165) is 0 Å². The lowest BCUT2D eigenvalue weighted by Gasteiger charge is -2.13. The van der Waals surface area contributed by atoms with Gasteiger partial charge in [-0.2, -0.15) is 0 Å². The van der Waals surface area contributed by atoms with E-state index in [1.165, 1.54) is 18.2 Å². The first-order valence-electron chi connectivity index (χ1n) is 5.54. The molecule has 9 heteroatoms. The van der Waals surface area contributed by atoms with E-state index in [9.17, 15) is 17.4 Å². The van der Waals surface area contributed by atoms with Crippen LogP contribution in [0, 0.1) is 0 Å². The maximum Gasteiger partial charge on any atom is 0.251 e.